The van der Waals surface area contributed by atoms with Gasteiger partial charge in [0.2, 0.25) is 21.9 Å². The number of hydrogen-bond donors (Lipinski definition) is 2. The molecule has 2 aromatic carbocycles. The van der Waals surface area contributed by atoms with Crippen molar-refractivity contribution in [3.63, 3.8) is 0 Å². The Morgan fingerprint density at radius 1 is 1.10 bits per heavy atom. The molecule has 0 saturated carbocycles. The first kappa shape index (κ1) is 34.8. The molecule has 2 aromatic heterocycles. The van der Waals surface area contributed by atoms with Gasteiger partial charge in [0.25, 0.3) is 0 Å². The minimum atomic E-state index is -3.93. The molecule has 0 radical (unpaired) electrons. The normalized spacial score (nSPS) is 16.0. The summed E-state index contributed by atoms with van der Waals surface area (Å²) in [6.45, 7) is 10.0. The summed E-state index contributed by atoms with van der Waals surface area (Å²) in [5, 5.41) is 4.16. The highest BCUT2D eigenvalue weighted by Crippen LogP contribution is 2.39. The molecule has 12 nitrogen and oxygen atoms in total. The van der Waals surface area contributed by atoms with E-state index in [9.17, 15) is 13.2 Å². The number of hydrogen-bond acceptors (Lipinski definition) is 10. The lowest BCUT2D eigenvalue weighted by Gasteiger charge is -2.34. The number of methoxy groups -OCH3 is 1. The molecular weight excluding hydrogens is 639 g/mol. The molecular formula is C34H41FN6O6S. The fraction of sp³-hybridized carbons (Fsp3) is 0.412. The average Bonchev–Trinajstić information content (AvgIpc) is 3.03. The van der Waals surface area contributed by atoms with Crippen molar-refractivity contribution in [3.8, 4) is 22.9 Å². The predicted molar refractivity (Wildman–Crippen MR) is 182 cm³/mol. The second-order valence-corrected chi connectivity index (χ2v) is 14.6. The van der Waals surface area contributed by atoms with Crippen molar-refractivity contribution in [2.24, 2.45) is 0 Å². The number of likely N-dealkylation sites (tertiary alicyclic amines) is 1. The van der Waals surface area contributed by atoms with Crippen LogP contribution in [0, 0.1) is 12.7 Å². The van der Waals surface area contributed by atoms with Crippen LogP contribution in [0.4, 0.5) is 20.8 Å². The zero-order valence-electron chi connectivity index (χ0n) is 27.9. The van der Waals surface area contributed by atoms with Gasteiger partial charge < -0.3 is 24.4 Å². The highest BCUT2D eigenvalue weighted by Gasteiger charge is 2.28. The van der Waals surface area contributed by atoms with Gasteiger partial charge in [-0.3, -0.25) is 4.72 Å². The van der Waals surface area contributed by atoms with Gasteiger partial charge in [0.1, 0.15) is 17.2 Å². The van der Waals surface area contributed by atoms with Gasteiger partial charge in [0, 0.05) is 49.4 Å². The Kier molecular flexibility index (Phi) is 10.3. The van der Waals surface area contributed by atoms with Crippen LogP contribution in [0.25, 0.3) is 22.0 Å². The Hall–Kier alpha value is -4.56. The molecule has 4 aromatic rings. The number of fused-ring (bicyclic) bond motifs is 1. The lowest BCUT2D eigenvalue weighted by molar-refractivity contribution is 0.0206. The van der Waals surface area contributed by atoms with Gasteiger partial charge in [-0.05, 0) is 83.4 Å². The monoisotopic (exact) mass is 680 g/mol. The smallest absolute Gasteiger partial charge is 0.410 e. The third kappa shape index (κ3) is 8.47. The summed E-state index contributed by atoms with van der Waals surface area (Å²) in [7, 11) is -2.52. The van der Waals surface area contributed by atoms with E-state index >= 15 is 4.39 Å². The first-order valence-electron chi connectivity index (χ1n) is 15.7. The third-order valence-corrected chi connectivity index (χ3v) is 9.14. The Morgan fingerprint density at radius 2 is 1.88 bits per heavy atom. The van der Waals surface area contributed by atoms with Crippen molar-refractivity contribution in [1.82, 2.24) is 19.9 Å². The second kappa shape index (κ2) is 14.3. The van der Waals surface area contributed by atoms with E-state index in [0.29, 0.717) is 46.8 Å². The molecule has 1 fully saturated rings. The van der Waals surface area contributed by atoms with Crippen molar-refractivity contribution < 1.29 is 31.8 Å². The van der Waals surface area contributed by atoms with Crippen molar-refractivity contribution in [2.75, 3.05) is 36.0 Å². The summed E-state index contributed by atoms with van der Waals surface area (Å²) >= 11 is 0. The van der Waals surface area contributed by atoms with Crippen molar-refractivity contribution in [3.05, 3.63) is 66.2 Å². The number of aromatic nitrogens is 3. The van der Waals surface area contributed by atoms with Crippen LogP contribution in [0.3, 0.4) is 0 Å². The number of pyridine rings is 1. The van der Waals surface area contributed by atoms with Crippen LogP contribution in [0.1, 0.15) is 46.1 Å². The number of carbonyl (C=O) groups excluding carboxylic acids is 1. The van der Waals surface area contributed by atoms with E-state index in [0.717, 1.165) is 18.4 Å². The number of amides is 1. The van der Waals surface area contributed by atoms with Gasteiger partial charge in [-0.15, -0.1) is 0 Å². The summed E-state index contributed by atoms with van der Waals surface area (Å²) in [4.78, 5) is 28.0. The number of aryl methyl sites for hydroxylation is 1. The van der Waals surface area contributed by atoms with E-state index in [4.69, 9.17) is 19.2 Å². The van der Waals surface area contributed by atoms with Crippen molar-refractivity contribution >= 4 is 38.5 Å². The van der Waals surface area contributed by atoms with E-state index in [1.165, 1.54) is 13.2 Å². The maximum atomic E-state index is 15.1. The molecule has 0 spiro atoms. The molecule has 2 N–H and O–H groups in total. The number of piperidine rings is 1. The van der Waals surface area contributed by atoms with Gasteiger partial charge in [-0.25, -0.2) is 32.6 Å². The molecule has 14 heteroatoms. The number of anilines is 2. The van der Waals surface area contributed by atoms with E-state index in [-0.39, 0.29) is 29.5 Å². The average molecular weight is 681 g/mol. The predicted octanol–water partition coefficient (Wildman–Crippen LogP) is 6.52. The minimum Gasteiger partial charge on any atom is -0.444 e. The number of nitrogens with zero attached hydrogens (tertiary/aromatic N) is 4. The van der Waals surface area contributed by atoms with E-state index in [1.54, 1.807) is 54.5 Å². The van der Waals surface area contributed by atoms with Crippen LogP contribution in [0.2, 0.25) is 0 Å². The Balaban J connectivity index is 1.41. The van der Waals surface area contributed by atoms with Gasteiger partial charge in [-0.1, -0.05) is 12.1 Å². The molecule has 0 aliphatic carbocycles. The Morgan fingerprint density at radius 3 is 2.62 bits per heavy atom. The molecule has 256 valence electrons. The number of ether oxygens (including phenoxy) is 3. The maximum absolute atomic E-state index is 15.1. The van der Waals surface area contributed by atoms with Crippen LogP contribution in [-0.2, 0) is 19.5 Å². The number of nitrogens with one attached hydrogen (secondary N) is 2. The molecule has 0 unspecified atom stereocenters. The number of sulfonamides is 1. The molecule has 1 saturated heterocycles. The highest BCUT2D eigenvalue weighted by atomic mass is 32.2. The first-order valence-corrected chi connectivity index (χ1v) is 17.3. The summed E-state index contributed by atoms with van der Waals surface area (Å²) in [6.07, 6.45) is 3.92. The standard InChI is InChI=1S/C34H41FN6O6S/c1-21-11-12-24-25(13-14-27(35)29(24)40-48(43,44)20-22(2)45-6)30(21)46-31-26(10-7-16-36-31)28-15-17-37-32(39-28)38-23-9-8-18-41(19-23)33(42)47-34(3,4)5/h7,10-17,22-23,40H,8-9,18-20H2,1-6H3,(H,37,38,39)/t22-,23-/m0/s1. The topological polar surface area (TPSA) is 145 Å². The fourth-order valence-electron chi connectivity index (χ4n) is 5.39. The van der Waals surface area contributed by atoms with Gasteiger partial charge >= 0.3 is 6.09 Å². The van der Waals surface area contributed by atoms with E-state index < -0.39 is 27.5 Å². The van der Waals surface area contributed by atoms with Crippen molar-refractivity contribution in [1.29, 1.82) is 0 Å². The number of benzene rings is 2. The highest BCUT2D eigenvalue weighted by molar-refractivity contribution is 7.92. The maximum Gasteiger partial charge on any atom is 0.410 e. The van der Waals surface area contributed by atoms with Gasteiger partial charge in [0.15, 0.2) is 0 Å². The van der Waals surface area contributed by atoms with Crippen LogP contribution < -0.4 is 14.8 Å². The quantitative estimate of drug-likeness (QED) is 0.190. The zero-order chi connectivity index (χ0) is 34.6. The summed E-state index contributed by atoms with van der Waals surface area (Å²) in [5.41, 5.74) is 1.09. The number of halogens is 1. The Bertz CT molecular complexity index is 1900. The fourth-order valence-corrected chi connectivity index (χ4v) is 6.74. The van der Waals surface area contributed by atoms with E-state index in [1.807, 2.05) is 33.8 Å². The largest absolute Gasteiger partial charge is 0.444 e. The van der Waals surface area contributed by atoms with Gasteiger partial charge in [-0.2, -0.15) is 0 Å². The summed E-state index contributed by atoms with van der Waals surface area (Å²) in [6, 6.07) is 11.4. The molecule has 48 heavy (non-hydrogen) atoms. The first-order chi connectivity index (χ1) is 22.7. The third-order valence-electron chi connectivity index (χ3n) is 7.72. The van der Waals surface area contributed by atoms with E-state index in [2.05, 4.69) is 20.0 Å². The van der Waals surface area contributed by atoms with Crippen LogP contribution >= 0.6 is 0 Å². The van der Waals surface area contributed by atoms with Crippen LogP contribution in [0.5, 0.6) is 11.6 Å². The lowest BCUT2D eigenvalue weighted by Crippen LogP contribution is -2.47. The number of carbonyl (C=O) groups is 1. The van der Waals surface area contributed by atoms with Crippen molar-refractivity contribution in [2.45, 2.75) is 65.2 Å². The molecule has 1 aliphatic heterocycles. The lowest BCUT2D eigenvalue weighted by atomic mass is 10.0. The minimum absolute atomic E-state index is 0.0748. The number of rotatable bonds is 10. The van der Waals surface area contributed by atoms with Crippen LogP contribution in [0.15, 0.2) is 54.9 Å². The molecule has 2 atom stereocenters. The molecule has 1 amide bonds. The summed E-state index contributed by atoms with van der Waals surface area (Å²) < 4.78 is 60.2. The van der Waals surface area contributed by atoms with Gasteiger partial charge in [0.05, 0.1) is 28.8 Å². The summed E-state index contributed by atoms with van der Waals surface area (Å²) in [5.74, 6) is -0.0564. The molecule has 0 bridgehead atoms. The molecule has 5 rings (SSSR count). The zero-order valence-corrected chi connectivity index (χ0v) is 28.7. The Labute approximate surface area is 280 Å². The molecule has 3 heterocycles. The second-order valence-electron chi connectivity index (χ2n) is 12.8. The van der Waals surface area contributed by atoms with Crippen LogP contribution in [-0.4, -0.2) is 78.1 Å². The SMILES string of the molecule is CO[C@@H](C)CS(=O)(=O)Nc1c(F)ccc2c(Oc3ncccc3-c3ccnc(N[C@H]4CCCN(C(=O)OC(C)(C)C)C4)n3)c(C)ccc12. The molecule has 1 aliphatic rings.